The summed E-state index contributed by atoms with van der Waals surface area (Å²) in [5, 5.41) is 11.0. The van der Waals surface area contributed by atoms with Crippen LogP contribution in [0.3, 0.4) is 0 Å². The highest BCUT2D eigenvalue weighted by Crippen LogP contribution is 2.46. The maximum atomic E-state index is 13.9. The summed E-state index contributed by atoms with van der Waals surface area (Å²) in [6.07, 6.45) is 8.98. The molecule has 0 radical (unpaired) electrons. The van der Waals surface area contributed by atoms with Gasteiger partial charge in [0.25, 0.3) is 0 Å². The third kappa shape index (κ3) is 3.01. The molecule has 4 nitrogen and oxygen atoms in total. The quantitative estimate of drug-likeness (QED) is 0.772. The van der Waals surface area contributed by atoms with Crippen LogP contribution in [0.25, 0.3) is 0 Å². The summed E-state index contributed by atoms with van der Waals surface area (Å²) < 4.78 is 13.9. The Labute approximate surface area is 129 Å². The highest BCUT2D eigenvalue weighted by molar-refractivity contribution is 5.77. The van der Waals surface area contributed by atoms with Gasteiger partial charge in [-0.15, -0.1) is 12.3 Å². The summed E-state index contributed by atoms with van der Waals surface area (Å²) in [5.41, 5.74) is -0.392. The zero-order valence-electron chi connectivity index (χ0n) is 12.3. The van der Waals surface area contributed by atoms with Gasteiger partial charge in [-0.25, -0.2) is 4.39 Å². The van der Waals surface area contributed by atoms with E-state index in [9.17, 15) is 9.18 Å². The van der Waals surface area contributed by atoms with Crippen LogP contribution in [0.5, 0.6) is 0 Å². The molecule has 0 saturated heterocycles. The van der Waals surface area contributed by atoms with E-state index in [0.717, 1.165) is 12.8 Å². The fourth-order valence-electron chi connectivity index (χ4n) is 2.75. The van der Waals surface area contributed by atoms with Gasteiger partial charge < -0.3 is 5.32 Å². The van der Waals surface area contributed by atoms with Gasteiger partial charge in [-0.3, -0.25) is 4.79 Å². The van der Waals surface area contributed by atoms with Crippen LogP contribution in [0.15, 0.2) is 34.5 Å². The Morgan fingerprint density at radius 1 is 1.32 bits per heavy atom. The van der Waals surface area contributed by atoms with Crippen LogP contribution < -0.4 is 5.32 Å². The molecule has 114 valence electrons. The van der Waals surface area contributed by atoms with E-state index in [-0.39, 0.29) is 11.7 Å². The third-order valence-corrected chi connectivity index (χ3v) is 4.32. The number of hydrogen-bond donors (Lipinski definition) is 1. The molecule has 1 N–H and O–H groups in total. The standard InChI is InChI=1S/C17H18FN3O/c1-2-3-9-17(20-21-17)10-8-15(22)19-16(11-12-16)13-6-4-5-7-14(13)18/h1,4-7H,3,8-12H2,(H,19,22). The Bertz CT molecular complexity index is 652. The number of benzene rings is 1. The number of hydrogen-bond acceptors (Lipinski definition) is 3. The molecule has 1 fully saturated rings. The van der Waals surface area contributed by atoms with Crippen molar-refractivity contribution in [2.45, 2.75) is 49.7 Å². The Morgan fingerprint density at radius 2 is 2.05 bits per heavy atom. The van der Waals surface area contributed by atoms with E-state index < -0.39 is 11.2 Å². The lowest BCUT2D eigenvalue weighted by atomic mass is 10.0. The van der Waals surface area contributed by atoms with E-state index in [1.54, 1.807) is 18.2 Å². The molecule has 1 heterocycles. The molecule has 3 rings (SSSR count). The van der Waals surface area contributed by atoms with Crippen LogP contribution in [0.4, 0.5) is 4.39 Å². The highest BCUT2D eigenvalue weighted by atomic mass is 19.1. The Kier molecular flexibility index (Phi) is 3.69. The van der Waals surface area contributed by atoms with Crippen molar-refractivity contribution in [1.29, 1.82) is 0 Å². The fourth-order valence-corrected chi connectivity index (χ4v) is 2.75. The van der Waals surface area contributed by atoms with Gasteiger partial charge in [0.2, 0.25) is 5.91 Å². The lowest BCUT2D eigenvalue weighted by Gasteiger charge is -2.19. The number of rotatable bonds is 7. The molecular weight excluding hydrogens is 281 g/mol. The monoisotopic (exact) mass is 299 g/mol. The van der Waals surface area contributed by atoms with Gasteiger partial charge in [-0.2, -0.15) is 10.2 Å². The van der Waals surface area contributed by atoms with Crippen molar-refractivity contribution in [2.75, 3.05) is 0 Å². The predicted octanol–water partition coefficient (Wildman–Crippen LogP) is 3.29. The summed E-state index contributed by atoms with van der Waals surface area (Å²) in [5.74, 6) is 2.21. The molecule has 5 heteroatoms. The summed E-state index contributed by atoms with van der Waals surface area (Å²) in [7, 11) is 0. The molecule has 1 saturated carbocycles. The molecule has 0 atom stereocenters. The van der Waals surface area contributed by atoms with Crippen molar-refractivity contribution in [3.63, 3.8) is 0 Å². The van der Waals surface area contributed by atoms with Gasteiger partial charge in [-0.1, -0.05) is 18.2 Å². The van der Waals surface area contributed by atoms with Crippen molar-refractivity contribution in [3.05, 3.63) is 35.6 Å². The topological polar surface area (TPSA) is 53.8 Å². The van der Waals surface area contributed by atoms with Gasteiger partial charge in [0, 0.05) is 31.2 Å². The minimum atomic E-state index is -0.522. The molecule has 0 unspecified atom stereocenters. The van der Waals surface area contributed by atoms with Crippen molar-refractivity contribution in [3.8, 4) is 12.3 Å². The Hall–Kier alpha value is -2.22. The predicted molar refractivity (Wildman–Crippen MR) is 80.3 cm³/mol. The number of halogens is 1. The van der Waals surface area contributed by atoms with E-state index >= 15 is 0 Å². The van der Waals surface area contributed by atoms with Gasteiger partial charge in [0.15, 0.2) is 5.66 Å². The zero-order valence-corrected chi connectivity index (χ0v) is 12.3. The smallest absolute Gasteiger partial charge is 0.220 e. The third-order valence-electron chi connectivity index (χ3n) is 4.32. The molecule has 0 bridgehead atoms. The van der Waals surface area contributed by atoms with Crippen LogP contribution in [0.2, 0.25) is 0 Å². The molecular formula is C17H18FN3O. The first-order valence-corrected chi connectivity index (χ1v) is 7.53. The molecule has 1 aromatic rings. The number of terminal acetylenes is 1. The SMILES string of the molecule is C#CCCC1(CCC(=O)NC2(c3ccccc3F)CC2)N=N1. The van der Waals surface area contributed by atoms with Crippen LogP contribution in [-0.2, 0) is 10.3 Å². The molecule has 0 spiro atoms. The second-order valence-corrected chi connectivity index (χ2v) is 6.00. The highest BCUT2D eigenvalue weighted by Gasteiger charge is 2.47. The molecule has 1 aliphatic heterocycles. The largest absolute Gasteiger partial charge is 0.346 e. The van der Waals surface area contributed by atoms with Crippen LogP contribution in [0, 0.1) is 18.2 Å². The van der Waals surface area contributed by atoms with Gasteiger partial charge in [0.05, 0.1) is 5.54 Å². The number of amides is 1. The summed E-state index contributed by atoms with van der Waals surface area (Å²) >= 11 is 0. The molecule has 0 aromatic heterocycles. The first kappa shape index (κ1) is 14.7. The number of carbonyl (C=O) groups is 1. The zero-order chi connectivity index (χ0) is 15.6. The summed E-state index contributed by atoms with van der Waals surface area (Å²) in [6.45, 7) is 0. The average Bonchev–Trinajstić information content (AvgIpc) is 3.41. The van der Waals surface area contributed by atoms with Gasteiger partial charge >= 0.3 is 0 Å². The number of carbonyl (C=O) groups excluding carboxylic acids is 1. The van der Waals surface area contributed by atoms with E-state index in [0.29, 0.717) is 31.2 Å². The lowest BCUT2D eigenvalue weighted by Crippen LogP contribution is -2.36. The van der Waals surface area contributed by atoms with Crippen molar-refractivity contribution in [2.24, 2.45) is 10.2 Å². The van der Waals surface area contributed by atoms with Crippen LogP contribution >= 0.6 is 0 Å². The first-order chi connectivity index (χ1) is 10.6. The first-order valence-electron chi connectivity index (χ1n) is 7.53. The van der Waals surface area contributed by atoms with Gasteiger partial charge in [0.1, 0.15) is 5.82 Å². The number of nitrogens with zero attached hydrogens (tertiary/aromatic N) is 2. The van der Waals surface area contributed by atoms with Crippen LogP contribution in [0.1, 0.15) is 44.1 Å². The second-order valence-electron chi connectivity index (χ2n) is 6.00. The van der Waals surface area contributed by atoms with E-state index in [1.807, 2.05) is 0 Å². The fraction of sp³-hybridized carbons (Fsp3) is 0.471. The molecule has 2 aliphatic rings. The second kappa shape index (κ2) is 5.53. The lowest BCUT2D eigenvalue weighted by molar-refractivity contribution is -0.122. The summed E-state index contributed by atoms with van der Waals surface area (Å²) in [6, 6.07) is 6.62. The Morgan fingerprint density at radius 3 is 2.64 bits per heavy atom. The van der Waals surface area contributed by atoms with Gasteiger partial charge in [-0.05, 0) is 18.9 Å². The van der Waals surface area contributed by atoms with Crippen LogP contribution in [-0.4, -0.2) is 11.6 Å². The minimum absolute atomic E-state index is 0.0851. The van der Waals surface area contributed by atoms with Crippen molar-refractivity contribution < 1.29 is 9.18 Å². The molecule has 22 heavy (non-hydrogen) atoms. The molecule has 1 amide bonds. The Balaban J connectivity index is 1.55. The normalized spacial score (nSPS) is 19.3. The van der Waals surface area contributed by atoms with E-state index in [1.165, 1.54) is 6.07 Å². The molecule has 1 aromatic carbocycles. The summed E-state index contributed by atoms with van der Waals surface area (Å²) in [4.78, 5) is 12.2. The van der Waals surface area contributed by atoms with E-state index in [4.69, 9.17) is 6.42 Å². The minimum Gasteiger partial charge on any atom is -0.346 e. The average molecular weight is 299 g/mol. The maximum Gasteiger partial charge on any atom is 0.220 e. The molecule has 1 aliphatic carbocycles. The number of nitrogens with one attached hydrogen (secondary N) is 1. The maximum absolute atomic E-state index is 13.9. The van der Waals surface area contributed by atoms with Crippen molar-refractivity contribution >= 4 is 5.91 Å². The van der Waals surface area contributed by atoms with Crippen molar-refractivity contribution in [1.82, 2.24) is 5.32 Å². The van der Waals surface area contributed by atoms with E-state index in [2.05, 4.69) is 21.5 Å².